The van der Waals surface area contributed by atoms with Crippen LogP contribution in [0.1, 0.15) is 19.8 Å². The van der Waals surface area contributed by atoms with Crippen molar-refractivity contribution in [1.82, 2.24) is 0 Å². The van der Waals surface area contributed by atoms with Crippen molar-refractivity contribution < 1.29 is 9.90 Å². The van der Waals surface area contributed by atoms with E-state index in [1.807, 2.05) is 6.92 Å². The standard InChI is InChI=1S/C6H10O2.C2H4/c1-2-3-4-5-6(7)8;1-2/h4-5H,2-3H2,1H3,(H,7,8);1-2H2. The highest BCUT2D eigenvalue weighted by Crippen LogP contribution is 1.86. The molecule has 0 saturated carbocycles. The monoisotopic (exact) mass is 142 g/mol. The Kier molecular flexibility index (Phi) is 12.7. The zero-order chi connectivity index (χ0) is 8.41. The summed E-state index contributed by atoms with van der Waals surface area (Å²) in [6.07, 6.45) is 4.68. The molecule has 0 aromatic carbocycles. The van der Waals surface area contributed by atoms with Crippen LogP contribution >= 0.6 is 0 Å². The van der Waals surface area contributed by atoms with E-state index in [0.717, 1.165) is 12.8 Å². The third-order valence-corrected chi connectivity index (χ3v) is 0.716. The van der Waals surface area contributed by atoms with E-state index in [1.165, 1.54) is 6.08 Å². The molecule has 0 unspecified atom stereocenters. The molecule has 0 heterocycles. The van der Waals surface area contributed by atoms with Gasteiger partial charge in [0.25, 0.3) is 0 Å². The van der Waals surface area contributed by atoms with Gasteiger partial charge < -0.3 is 5.11 Å². The molecule has 0 saturated heterocycles. The first-order valence-electron chi connectivity index (χ1n) is 3.17. The van der Waals surface area contributed by atoms with E-state index in [2.05, 4.69) is 13.2 Å². The summed E-state index contributed by atoms with van der Waals surface area (Å²) in [5.74, 6) is -0.863. The molecule has 0 fully saturated rings. The predicted octanol–water partition coefficient (Wildman–Crippen LogP) is 2.23. The maximum Gasteiger partial charge on any atom is 0.327 e. The summed E-state index contributed by atoms with van der Waals surface area (Å²) in [7, 11) is 0. The summed E-state index contributed by atoms with van der Waals surface area (Å²) >= 11 is 0. The number of allylic oxidation sites excluding steroid dienone is 1. The van der Waals surface area contributed by atoms with Gasteiger partial charge in [-0.2, -0.15) is 0 Å². The first-order valence-corrected chi connectivity index (χ1v) is 3.17. The summed E-state index contributed by atoms with van der Waals surface area (Å²) in [5.41, 5.74) is 0. The Balaban J connectivity index is 0. The smallest absolute Gasteiger partial charge is 0.327 e. The molecule has 2 heteroatoms. The number of unbranched alkanes of at least 4 members (excludes halogenated alkanes) is 1. The molecule has 0 spiro atoms. The molecule has 0 bridgehead atoms. The van der Waals surface area contributed by atoms with Crippen LogP contribution in [0, 0.1) is 0 Å². The van der Waals surface area contributed by atoms with Crippen LogP contribution in [0.3, 0.4) is 0 Å². The number of hydrogen-bond acceptors (Lipinski definition) is 1. The second kappa shape index (κ2) is 10.8. The Morgan fingerprint density at radius 1 is 1.60 bits per heavy atom. The van der Waals surface area contributed by atoms with Crippen molar-refractivity contribution >= 4 is 5.97 Å². The maximum absolute atomic E-state index is 9.79. The predicted molar refractivity (Wildman–Crippen MR) is 42.9 cm³/mol. The van der Waals surface area contributed by atoms with Gasteiger partial charge in [-0.15, -0.1) is 13.2 Å². The van der Waals surface area contributed by atoms with Gasteiger partial charge >= 0.3 is 5.97 Å². The van der Waals surface area contributed by atoms with Crippen molar-refractivity contribution in [3.63, 3.8) is 0 Å². The Morgan fingerprint density at radius 2 is 2.10 bits per heavy atom. The average Bonchev–Trinajstić information content (AvgIpc) is 1.92. The molecule has 10 heavy (non-hydrogen) atoms. The van der Waals surface area contributed by atoms with Crippen molar-refractivity contribution in [3.05, 3.63) is 25.3 Å². The van der Waals surface area contributed by atoms with Crippen LogP contribution < -0.4 is 0 Å². The first kappa shape index (κ1) is 11.7. The zero-order valence-corrected chi connectivity index (χ0v) is 6.34. The lowest BCUT2D eigenvalue weighted by Crippen LogP contribution is -1.84. The van der Waals surface area contributed by atoms with Crippen LogP contribution in [0.15, 0.2) is 25.3 Å². The van der Waals surface area contributed by atoms with Crippen LogP contribution in [-0.4, -0.2) is 11.1 Å². The second-order valence-electron chi connectivity index (χ2n) is 1.53. The van der Waals surface area contributed by atoms with E-state index >= 15 is 0 Å². The molecule has 0 atom stereocenters. The van der Waals surface area contributed by atoms with Crippen molar-refractivity contribution in [1.29, 1.82) is 0 Å². The number of rotatable bonds is 3. The maximum atomic E-state index is 9.79. The van der Waals surface area contributed by atoms with Gasteiger partial charge in [0.15, 0.2) is 0 Å². The molecule has 0 aliphatic carbocycles. The highest BCUT2D eigenvalue weighted by atomic mass is 16.4. The number of carbonyl (C=O) groups is 1. The van der Waals surface area contributed by atoms with Crippen LogP contribution in [-0.2, 0) is 4.79 Å². The number of carboxylic acid groups (broad SMARTS) is 1. The summed E-state index contributed by atoms with van der Waals surface area (Å²) in [5, 5.41) is 8.05. The molecule has 1 N–H and O–H groups in total. The molecule has 0 aliphatic rings. The van der Waals surface area contributed by atoms with E-state index in [0.29, 0.717) is 0 Å². The van der Waals surface area contributed by atoms with Crippen molar-refractivity contribution in [2.24, 2.45) is 0 Å². The van der Waals surface area contributed by atoms with E-state index in [9.17, 15) is 4.79 Å². The van der Waals surface area contributed by atoms with Gasteiger partial charge in [0.1, 0.15) is 0 Å². The molecular formula is C8H14O2. The van der Waals surface area contributed by atoms with E-state index < -0.39 is 5.97 Å². The van der Waals surface area contributed by atoms with Gasteiger partial charge in [0.05, 0.1) is 0 Å². The van der Waals surface area contributed by atoms with Gasteiger partial charge in [0, 0.05) is 6.08 Å². The number of aliphatic carboxylic acids is 1. The fourth-order valence-corrected chi connectivity index (χ4v) is 0.351. The average molecular weight is 142 g/mol. The minimum Gasteiger partial charge on any atom is -0.478 e. The second-order valence-corrected chi connectivity index (χ2v) is 1.53. The first-order chi connectivity index (χ1) is 4.77. The molecule has 0 rings (SSSR count). The molecule has 0 aromatic rings. The van der Waals surface area contributed by atoms with Crippen LogP contribution in [0.25, 0.3) is 0 Å². The summed E-state index contributed by atoms with van der Waals surface area (Å²) in [6.45, 7) is 8.01. The van der Waals surface area contributed by atoms with Gasteiger partial charge in [-0.1, -0.05) is 19.4 Å². The normalized spacial score (nSPS) is 8.50. The highest BCUT2D eigenvalue weighted by molar-refractivity contribution is 5.79. The fourth-order valence-electron chi connectivity index (χ4n) is 0.351. The van der Waals surface area contributed by atoms with Crippen molar-refractivity contribution in [2.75, 3.05) is 0 Å². The molecular weight excluding hydrogens is 128 g/mol. The Labute approximate surface area is 61.9 Å². The van der Waals surface area contributed by atoms with Crippen molar-refractivity contribution in [3.8, 4) is 0 Å². The molecule has 0 amide bonds. The lowest BCUT2D eigenvalue weighted by Gasteiger charge is -1.79. The van der Waals surface area contributed by atoms with E-state index in [-0.39, 0.29) is 0 Å². The topological polar surface area (TPSA) is 37.3 Å². The molecule has 0 aliphatic heterocycles. The van der Waals surface area contributed by atoms with Gasteiger partial charge in [-0.05, 0) is 6.42 Å². The fraction of sp³-hybridized carbons (Fsp3) is 0.375. The number of carboxylic acids is 1. The Hall–Kier alpha value is -1.05. The van der Waals surface area contributed by atoms with Crippen LogP contribution in [0.2, 0.25) is 0 Å². The molecule has 58 valence electrons. The third kappa shape index (κ3) is 15.8. The van der Waals surface area contributed by atoms with Crippen LogP contribution in [0.5, 0.6) is 0 Å². The zero-order valence-electron chi connectivity index (χ0n) is 6.34. The van der Waals surface area contributed by atoms with Gasteiger partial charge in [-0.25, -0.2) is 4.79 Å². The molecule has 2 nitrogen and oxygen atoms in total. The SMILES string of the molecule is C=C.CCCC=CC(=O)O. The molecule has 0 radical (unpaired) electrons. The lowest BCUT2D eigenvalue weighted by molar-refractivity contribution is -0.131. The minimum absolute atomic E-state index is 0.853. The summed E-state index contributed by atoms with van der Waals surface area (Å²) in [6, 6.07) is 0. The number of hydrogen-bond donors (Lipinski definition) is 1. The Bertz CT molecular complexity index is 106. The van der Waals surface area contributed by atoms with E-state index in [4.69, 9.17) is 5.11 Å². The summed E-state index contributed by atoms with van der Waals surface area (Å²) < 4.78 is 0. The largest absolute Gasteiger partial charge is 0.478 e. The van der Waals surface area contributed by atoms with E-state index in [1.54, 1.807) is 6.08 Å². The van der Waals surface area contributed by atoms with Crippen LogP contribution in [0.4, 0.5) is 0 Å². The van der Waals surface area contributed by atoms with Gasteiger partial charge in [0.2, 0.25) is 0 Å². The quantitative estimate of drug-likeness (QED) is 0.484. The minimum atomic E-state index is -0.863. The molecule has 0 aromatic heterocycles. The summed E-state index contributed by atoms with van der Waals surface area (Å²) in [4.78, 5) is 9.79. The lowest BCUT2D eigenvalue weighted by atomic mass is 10.3. The third-order valence-electron chi connectivity index (χ3n) is 0.716. The van der Waals surface area contributed by atoms with Gasteiger partial charge in [-0.3, -0.25) is 0 Å². The van der Waals surface area contributed by atoms with Crippen molar-refractivity contribution in [2.45, 2.75) is 19.8 Å². The Morgan fingerprint density at radius 3 is 2.40 bits per heavy atom. The highest BCUT2D eigenvalue weighted by Gasteiger charge is 1.81.